The third-order valence-corrected chi connectivity index (χ3v) is 3.42. The average molecular weight is 263 g/mol. The van der Waals surface area contributed by atoms with Crippen molar-refractivity contribution in [3.05, 3.63) is 39.4 Å². The second-order valence-electron chi connectivity index (χ2n) is 4.99. The average Bonchev–Trinajstić information content (AvgIpc) is 2.74. The van der Waals surface area contributed by atoms with E-state index in [1.165, 1.54) is 12.1 Å². The third kappa shape index (κ3) is 3.08. The molecule has 1 aliphatic carbocycles. The minimum atomic E-state index is -0.495. The molecular weight excluding hydrogens is 246 g/mol. The Kier molecular flexibility index (Phi) is 3.80. The van der Waals surface area contributed by atoms with E-state index in [0.29, 0.717) is 11.1 Å². The summed E-state index contributed by atoms with van der Waals surface area (Å²) >= 11 is 0. The van der Waals surface area contributed by atoms with E-state index in [2.05, 4.69) is 5.32 Å². The number of carbonyl (C=O) groups excluding carboxylic acids is 1. The summed E-state index contributed by atoms with van der Waals surface area (Å²) in [5.41, 5.74) is 6.82. The predicted octanol–water partition coefficient (Wildman–Crippen LogP) is 1.51. The summed E-state index contributed by atoms with van der Waals surface area (Å²) in [4.78, 5) is 22.4. The van der Waals surface area contributed by atoms with Crippen molar-refractivity contribution in [2.75, 3.05) is 0 Å². The smallest absolute Gasteiger partial charge is 0.270 e. The molecule has 1 aliphatic rings. The Morgan fingerprint density at radius 1 is 1.42 bits per heavy atom. The first kappa shape index (κ1) is 13.5. The van der Waals surface area contributed by atoms with Crippen LogP contribution in [0.1, 0.15) is 35.2 Å². The van der Waals surface area contributed by atoms with E-state index in [4.69, 9.17) is 5.73 Å². The molecule has 1 amide bonds. The zero-order valence-corrected chi connectivity index (χ0v) is 10.8. The lowest BCUT2D eigenvalue weighted by molar-refractivity contribution is -0.384. The summed E-state index contributed by atoms with van der Waals surface area (Å²) in [7, 11) is 0. The number of aryl methyl sites for hydroxylation is 1. The summed E-state index contributed by atoms with van der Waals surface area (Å²) in [5.74, 6) is -0.297. The van der Waals surface area contributed by atoms with E-state index in [-0.39, 0.29) is 23.7 Å². The molecule has 1 aromatic carbocycles. The van der Waals surface area contributed by atoms with Gasteiger partial charge in [0.25, 0.3) is 11.6 Å². The van der Waals surface area contributed by atoms with Crippen LogP contribution in [0.4, 0.5) is 5.69 Å². The molecule has 0 bridgehead atoms. The molecule has 2 rings (SSSR count). The lowest BCUT2D eigenvalue weighted by Crippen LogP contribution is -2.43. The van der Waals surface area contributed by atoms with Crippen molar-refractivity contribution in [2.24, 2.45) is 5.73 Å². The van der Waals surface area contributed by atoms with Crippen LogP contribution in [0.3, 0.4) is 0 Å². The molecule has 3 N–H and O–H groups in total. The molecule has 1 aromatic rings. The van der Waals surface area contributed by atoms with Crippen molar-refractivity contribution in [2.45, 2.75) is 38.3 Å². The topological polar surface area (TPSA) is 98.3 Å². The van der Waals surface area contributed by atoms with Crippen LogP contribution in [0.2, 0.25) is 0 Å². The van der Waals surface area contributed by atoms with Crippen LogP contribution in [0.15, 0.2) is 18.2 Å². The van der Waals surface area contributed by atoms with Gasteiger partial charge in [-0.05, 0) is 37.8 Å². The second-order valence-corrected chi connectivity index (χ2v) is 4.99. The van der Waals surface area contributed by atoms with Crippen molar-refractivity contribution in [1.82, 2.24) is 5.32 Å². The Morgan fingerprint density at radius 3 is 2.74 bits per heavy atom. The number of nitrogens with zero attached hydrogens (tertiary/aromatic N) is 1. The molecule has 1 saturated carbocycles. The first-order valence-electron chi connectivity index (χ1n) is 6.30. The fourth-order valence-corrected chi connectivity index (χ4v) is 2.42. The molecule has 0 saturated heterocycles. The van der Waals surface area contributed by atoms with Gasteiger partial charge in [-0.1, -0.05) is 0 Å². The second kappa shape index (κ2) is 5.36. The predicted molar refractivity (Wildman–Crippen MR) is 70.9 cm³/mol. The highest BCUT2D eigenvalue weighted by Gasteiger charge is 2.26. The molecule has 6 heteroatoms. The largest absolute Gasteiger partial charge is 0.348 e. The summed E-state index contributed by atoms with van der Waals surface area (Å²) < 4.78 is 0. The number of nitro groups is 1. The summed E-state index contributed by atoms with van der Waals surface area (Å²) in [6.45, 7) is 1.73. The number of amides is 1. The lowest BCUT2D eigenvalue weighted by Gasteiger charge is -2.17. The highest BCUT2D eigenvalue weighted by atomic mass is 16.6. The van der Waals surface area contributed by atoms with E-state index in [9.17, 15) is 14.9 Å². The van der Waals surface area contributed by atoms with E-state index >= 15 is 0 Å². The quantitative estimate of drug-likeness (QED) is 0.638. The molecule has 2 atom stereocenters. The van der Waals surface area contributed by atoms with Gasteiger partial charge in [0.2, 0.25) is 0 Å². The molecule has 0 heterocycles. The van der Waals surface area contributed by atoms with Gasteiger partial charge in [0.1, 0.15) is 0 Å². The van der Waals surface area contributed by atoms with Crippen LogP contribution >= 0.6 is 0 Å². The number of hydrogen-bond acceptors (Lipinski definition) is 4. The van der Waals surface area contributed by atoms with E-state index in [1.807, 2.05) is 0 Å². The fourth-order valence-electron chi connectivity index (χ4n) is 2.42. The standard InChI is InChI=1S/C13H17N3O3/c1-8-5-9(7-10(6-8)16(18)19)13(17)15-12-4-2-3-11(12)14/h5-7,11-12H,2-4,14H2,1H3,(H,15,17). The van der Waals surface area contributed by atoms with Gasteiger partial charge in [0.05, 0.1) is 4.92 Å². The number of nitrogens with one attached hydrogen (secondary N) is 1. The molecule has 0 spiro atoms. The van der Waals surface area contributed by atoms with E-state index < -0.39 is 4.92 Å². The number of rotatable bonds is 3. The first-order chi connectivity index (χ1) is 8.97. The minimum Gasteiger partial charge on any atom is -0.348 e. The van der Waals surface area contributed by atoms with Gasteiger partial charge < -0.3 is 11.1 Å². The van der Waals surface area contributed by atoms with Crippen LogP contribution in [-0.2, 0) is 0 Å². The van der Waals surface area contributed by atoms with Gasteiger partial charge >= 0.3 is 0 Å². The molecule has 1 fully saturated rings. The number of carbonyl (C=O) groups is 1. The molecule has 2 unspecified atom stereocenters. The van der Waals surface area contributed by atoms with Crippen LogP contribution in [0.25, 0.3) is 0 Å². The van der Waals surface area contributed by atoms with E-state index in [1.54, 1.807) is 13.0 Å². The molecule has 102 valence electrons. The van der Waals surface area contributed by atoms with Crippen molar-refractivity contribution < 1.29 is 9.72 Å². The summed E-state index contributed by atoms with van der Waals surface area (Å²) in [6.07, 6.45) is 2.76. The lowest BCUT2D eigenvalue weighted by atomic mass is 10.1. The Labute approximate surface area is 111 Å². The van der Waals surface area contributed by atoms with Gasteiger partial charge in [-0.15, -0.1) is 0 Å². The maximum Gasteiger partial charge on any atom is 0.270 e. The van der Waals surface area contributed by atoms with Crippen LogP contribution in [0.5, 0.6) is 0 Å². The van der Waals surface area contributed by atoms with Crippen molar-refractivity contribution >= 4 is 11.6 Å². The van der Waals surface area contributed by atoms with Gasteiger partial charge in [0.15, 0.2) is 0 Å². The first-order valence-corrected chi connectivity index (χ1v) is 6.30. The molecule has 0 aromatic heterocycles. The van der Waals surface area contributed by atoms with Crippen molar-refractivity contribution in [3.8, 4) is 0 Å². The van der Waals surface area contributed by atoms with Crippen LogP contribution < -0.4 is 11.1 Å². The highest BCUT2D eigenvalue weighted by molar-refractivity contribution is 5.95. The Bertz CT molecular complexity index is 516. The molecule has 6 nitrogen and oxygen atoms in total. The minimum absolute atomic E-state index is 0.0243. The number of nitro benzene ring substituents is 1. The summed E-state index contributed by atoms with van der Waals surface area (Å²) in [5, 5.41) is 13.6. The van der Waals surface area contributed by atoms with Gasteiger partial charge in [-0.25, -0.2) is 0 Å². The number of benzene rings is 1. The SMILES string of the molecule is Cc1cc(C(=O)NC2CCCC2N)cc([N+](=O)[O-])c1. The maximum atomic E-state index is 12.1. The van der Waals surface area contributed by atoms with Crippen LogP contribution in [-0.4, -0.2) is 22.9 Å². The molecule has 19 heavy (non-hydrogen) atoms. The number of non-ortho nitro benzene ring substituents is 1. The van der Waals surface area contributed by atoms with Crippen LogP contribution in [0, 0.1) is 17.0 Å². The zero-order valence-electron chi connectivity index (χ0n) is 10.8. The fraction of sp³-hybridized carbons (Fsp3) is 0.462. The third-order valence-electron chi connectivity index (χ3n) is 3.42. The summed E-state index contributed by atoms with van der Waals surface area (Å²) in [6, 6.07) is 4.32. The Morgan fingerprint density at radius 2 is 2.16 bits per heavy atom. The normalized spacial score (nSPS) is 22.2. The van der Waals surface area contributed by atoms with Crippen molar-refractivity contribution in [3.63, 3.8) is 0 Å². The number of nitrogens with two attached hydrogens (primary N) is 1. The van der Waals surface area contributed by atoms with Gasteiger partial charge in [0, 0.05) is 29.8 Å². The Hall–Kier alpha value is -1.95. The molecular formula is C13H17N3O3. The monoisotopic (exact) mass is 263 g/mol. The molecule has 0 aliphatic heterocycles. The van der Waals surface area contributed by atoms with E-state index in [0.717, 1.165) is 19.3 Å². The van der Waals surface area contributed by atoms with Gasteiger partial charge in [-0.2, -0.15) is 0 Å². The number of hydrogen-bond donors (Lipinski definition) is 2. The highest BCUT2D eigenvalue weighted by Crippen LogP contribution is 2.20. The Balaban J connectivity index is 2.16. The maximum absolute atomic E-state index is 12.1. The van der Waals surface area contributed by atoms with Gasteiger partial charge in [-0.3, -0.25) is 14.9 Å². The molecule has 0 radical (unpaired) electrons. The zero-order chi connectivity index (χ0) is 14.0. The van der Waals surface area contributed by atoms with Crippen molar-refractivity contribution in [1.29, 1.82) is 0 Å².